The molecule has 60 heavy (non-hydrogen) atoms. The van der Waals surface area contributed by atoms with E-state index in [9.17, 15) is 28.9 Å². The van der Waals surface area contributed by atoms with Gasteiger partial charge in [-0.2, -0.15) is 0 Å². The second-order valence-electron chi connectivity index (χ2n) is 13.7. The maximum Gasteiger partial charge on any atom is 0.472 e. The van der Waals surface area contributed by atoms with Crippen molar-refractivity contribution < 1.29 is 52.6 Å². The van der Waals surface area contributed by atoms with Crippen molar-refractivity contribution in [3.63, 3.8) is 0 Å². The highest BCUT2D eigenvalue weighted by atomic mass is 31.2. The van der Waals surface area contributed by atoms with Crippen LogP contribution in [0.25, 0.3) is 0 Å². The van der Waals surface area contributed by atoms with Crippen molar-refractivity contribution >= 4 is 25.5 Å². The maximum atomic E-state index is 12.6. The molecule has 0 aromatic carbocycles. The van der Waals surface area contributed by atoms with Gasteiger partial charge in [-0.3, -0.25) is 23.4 Å². The fourth-order valence-electron chi connectivity index (χ4n) is 4.79. The number of rotatable bonds is 38. The molecule has 0 fully saturated rings. The van der Waals surface area contributed by atoms with E-state index < -0.39 is 58.4 Å². The van der Waals surface area contributed by atoms with Gasteiger partial charge in [-0.1, -0.05) is 142 Å². The summed E-state index contributed by atoms with van der Waals surface area (Å²) in [7, 11) is -4.71. The lowest BCUT2D eigenvalue weighted by Gasteiger charge is -2.20. The molecule has 1 unspecified atom stereocenters. The van der Waals surface area contributed by atoms with Gasteiger partial charge in [0.15, 0.2) is 11.9 Å². The molecular weight excluding hydrogens is 783 g/mol. The number of carbonyl (C=O) groups excluding carboxylic acids is 3. The van der Waals surface area contributed by atoms with E-state index in [4.69, 9.17) is 19.1 Å². The molecule has 0 rings (SSSR count). The Kier molecular flexibility index (Phi) is 39.0. The molecule has 0 aromatic rings. The van der Waals surface area contributed by atoms with Crippen LogP contribution >= 0.6 is 7.82 Å². The zero-order valence-corrected chi connectivity index (χ0v) is 37.0. The van der Waals surface area contributed by atoms with Gasteiger partial charge in [0.2, 0.25) is 0 Å². The summed E-state index contributed by atoms with van der Waals surface area (Å²) in [5, 5.41) is 18.3. The molecule has 0 spiro atoms. The summed E-state index contributed by atoms with van der Waals surface area (Å²) in [5.41, 5.74) is 0. The molecule has 0 aliphatic heterocycles. The van der Waals surface area contributed by atoms with Crippen molar-refractivity contribution in [2.75, 3.05) is 26.4 Å². The standard InChI is InChI=1S/C48H73O11P/c1-3-5-7-9-11-13-15-17-18-19-20-21-22-24-26-28-30-32-34-38-47(52)56-42-46(43-58-60(54,55)57-41-45(51)40-49)59-48(53)39-35-37-44(50)36-33-31-29-27-25-23-16-14-12-10-8-6-4-2/h5,7,11-14,17-18,20-21,23-26,29-33,36,45-46,49,51H,3-4,6,8-10,15-16,19,22,27-28,34-35,37-43H2,1-2H3,(H,54,55)/b7-5-,13-11-,14-12-,18-17-,21-20-,25-23-,26-24-,31-29-,32-30-,36-33+/t45-,46+/m0/s1. The van der Waals surface area contributed by atoms with Crippen LogP contribution in [0.4, 0.5) is 0 Å². The number of allylic oxidation sites excluding steroid dienone is 20. The summed E-state index contributed by atoms with van der Waals surface area (Å²) >= 11 is 0. The first-order chi connectivity index (χ1) is 29.1. The van der Waals surface area contributed by atoms with Crippen LogP contribution in [0.1, 0.15) is 123 Å². The van der Waals surface area contributed by atoms with Crippen molar-refractivity contribution in [3.8, 4) is 0 Å². The van der Waals surface area contributed by atoms with E-state index in [2.05, 4.69) is 97.4 Å². The van der Waals surface area contributed by atoms with Crippen LogP contribution in [0.15, 0.2) is 122 Å². The number of phosphoric ester groups is 1. The summed E-state index contributed by atoms with van der Waals surface area (Å²) in [6.07, 6.45) is 50.4. The number of aliphatic hydroxyl groups is 2. The van der Waals surface area contributed by atoms with Crippen LogP contribution < -0.4 is 0 Å². The highest BCUT2D eigenvalue weighted by Crippen LogP contribution is 2.43. The lowest BCUT2D eigenvalue weighted by molar-refractivity contribution is -0.161. The average Bonchev–Trinajstić information content (AvgIpc) is 3.23. The number of ether oxygens (including phenoxy) is 2. The highest BCUT2D eigenvalue weighted by Gasteiger charge is 2.27. The van der Waals surface area contributed by atoms with E-state index in [1.54, 1.807) is 12.2 Å². The Labute approximate surface area is 360 Å². The Balaban J connectivity index is 4.65. The quantitative estimate of drug-likeness (QED) is 0.0135. The summed E-state index contributed by atoms with van der Waals surface area (Å²) in [5.74, 6) is -1.46. The summed E-state index contributed by atoms with van der Waals surface area (Å²) in [6, 6.07) is 0. The zero-order valence-electron chi connectivity index (χ0n) is 36.1. The molecule has 336 valence electrons. The van der Waals surface area contributed by atoms with Crippen LogP contribution in [0, 0.1) is 0 Å². The van der Waals surface area contributed by atoms with Crippen LogP contribution in [0.2, 0.25) is 0 Å². The molecule has 0 aromatic heterocycles. The monoisotopic (exact) mass is 856 g/mol. The first-order valence-electron chi connectivity index (χ1n) is 21.4. The predicted molar refractivity (Wildman–Crippen MR) is 242 cm³/mol. The minimum Gasteiger partial charge on any atom is -0.462 e. The third kappa shape index (κ3) is 40.8. The molecule has 0 radical (unpaired) electrons. The number of carbonyl (C=O) groups is 3. The first-order valence-corrected chi connectivity index (χ1v) is 22.9. The largest absolute Gasteiger partial charge is 0.472 e. The third-order valence-corrected chi connectivity index (χ3v) is 9.04. The molecule has 0 aliphatic carbocycles. The maximum absolute atomic E-state index is 12.6. The van der Waals surface area contributed by atoms with E-state index in [1.807, 2.05) is 24.3 Å². The number of phosphoric acid groups is 1. The molecule has 0 heterocycles. The second-order valence-corrected chi connectivity index (χ2v) is 15.1. The first kappa shape index (κ1) is 56.0. The molecule has 12 heteroatoms. The topological polar surface area (TPSA) is 166 Å². The molecule has 0 amide bonds. The van der Waals surface area contributed by atoms with Gasteiger partial charge in [0.25, 0.3) is 0 Å². The fraction of sp³-hybridized carbons (Fsp3) is 0.521. The van der Waals surface area contributed by atoms with Crippen LogP contribution in [-0.4, -0.2) is 71.5 Å². The van der Waals surface area contributed by atoms with E-state index in [-0.39, 0.29) is 31.5 Å². The van der Waals surface area contributed by atoms with Crippen molar-refractivity contribution in [3.05, 3.63) is 122 Å². The van der Waals surface area contributed by atoms with Crippen molar-refractivity contribution in [1.82, 2.24) is 0 Å². The van der Waals surface area contributed by atoms with Gasteiger partial charge in [-0.25, -0.2) is 4.57 Å². The molecule has 11 nitrogen and oxygen atoms in total. The Morgan fingerprint density at radius 3 is 1.63 bits per heavy atom. The summed E-state index contributed by atoms with van der Waals surface area (Å²) in [6.45, 7) is 1.84. The number of unbranched alkanes of at least 4 members (excludes halogenated alkanes) is 3. The van der Waals surface area contributed by atoms with Crippen LogP contribution in [-0.2, 0) is 37.5 Å². The van der Waals surface area contributed by atoms with Gasteiger partial charge in [-0.15, -0.1) is 0 Å². The van der Waals surface area contributed by atoms with Gasteiger partial charge in [-0.05, 0) is 83.1 Å². The van der Waals surface area contributed by atoms with E-state index in [1.165, 1.54) is 25.3 Å². The lowest BCUT2D eigenvalue weighted by atomic mass is 10.1. The van der Waals surface area contributed by atoms with Gasteiger partial charge in [0, 0.05) is 19.3 Å². The molecule has 3 atom stereocenters. The van der Waals surface area contributed by atoms with Crippen LogP contribution in [0.3, 0.4) is 0 Å². The van der Waals surface area contributed by atoms with E-state index >= 15 is 0 Å². The zero-order chi connectivity index (χ0) is 44.2. The van der Waals surface area contributed by atoms with E-state index in [0.29, 0.717) is 12.8 Å². The molecule has 0 aliphatic rings. The molecule has 0 saturated heterocycles. The Hall–Kier alpha value is -3.96. The molecule has 0 saturated carbocycles. The Bertz CT molecular complexity index is 1470. The van der Waals surface area contributed by atoms with Crippen molar-refractivity contribution in [2.45, 2.75) is 135 Å². The molecule has 0 bridgehead atoms. The van der Waals surface area contributed by atoms with Gasteiger partial charge < -0.3 is 24.6 Å². The Morgan fingerprint density at radius 2 is 1.08 bits per heavy atom. The lowest BCUT2D eigenvalue weighted by Crippen LogP contribution is -2.29. The smallest absolute Gasteiger partial charge is 0.462 e. The van der Waals surface area contributed by atoms with Gasteiger partial charge in [0.1, 0.15) is 12.7 Å². The molecule has 3 N–H and O–H groups in total. The van der Waals surface area contributed by atoms with Gasteiger partial charge >= 0.3 is 19.8 Å². The number of hydrogen-bond acceptors (Lipinski definition) is 10. The normalized spacial score (nSPS) is 14.9. The van der Waals surface area contributed by atoms with Gasteiger partial charge in [0.05, 0.1) is 19.8 Å². The minimum atomic E-state index is -4.71. The van der Waals surface area contributed by atoms with Crippen molar-refractivity contribution in [1.29, 1.82) is 0 Å². The Morgan fingerprint density at radius 1 is 0.567 bits per heavy atom. The SMILES string of the molecule is CC/C=C\C/C=C\C/C=C\C/C=C\C/C=C\C/C=C\CCC(=O)OC[C@H](COP(=O)(O)OC[C@@H](O)CO)OC(=O)CCCC(=O)/C=C/C=C\C/C=C\C/C=C\CCCCC. The fourth-order valence-corrected chi connectivity index (χ4v) is 5.58. The number of esters is 2. The average molecular weight is 857 g/mol. The third-order valence-electron chi connectivity index (χ3n) is 8.09. The number of ketones is 1. The van der Waals surface area contributed by atoms with Crippen LogP contribution in [0.5, 0.6) is 0 Å². The number of aliphatic hydroxyl groups excluding tert-OH is 2. The minimum absolute atomic E-state index is 0.0582. The second kappa shape index (κ2) is 41.8. The number of hydrogen-bond donors (Lipinski definition) is 3. The summed E-state index contributed by atoms with van der Waals surface area (Å²) < 4.78 is 32.4. The summed E-state index contributed by atoms with van der Waals surface area (Å²) in [4.78, 5) is 47.2. The van der Waals surface area contributed by atoms with E-state index in [0.717, 1.165) is 51.4 Å². The predicted octanol–water partition coefficient (Wildman–Crippen LogP) is 10.7. The van der Waals surface area contributed by atoms with Crippen molar-refractivity contribution in [2.24, 2.45) is 0 Å². The highest BCUT2D eigenvalue weighted by molar-refractivity contribution is 7.47. The molecular formula is C48H73O11P.